The van der Waals surface area contributed by atoms with Crippen LogP contribution in [0.5, 0.6) is 0 Å². The normalized spacial score (nSPS) is 12.3. The Morgan fingerprint density at radius 1 is 0.967 bits per heavy atom. The molecule has 0 aromatic heterocycles. The highest BCUT2D eigenvalue weighted by molar-refractivity contribution is 7.99. The molecule has 0 saturated carbocycles. The minimum Gasteiger partial charge on any atom is -0.346 e. The van der Waals surface area contributed by atoms with Gasteiger partial charge in [0.2, 0.25) is 35.4 Å². The molecule has 0 rings (SSSR count). The Kier molecular flexibility index (Phi) is 13.9. The average molecular weight is 485 g/mol. The number of nitrogens with one attached hydrogen (secondary N) is 5. The summed E-state index contributed by atoms with van der Waals surface area (Å²) in [6.07, 6.45) is 0. The summed E-state index contributed by atoms with van der Waals surface area (Å²) in [6.45, 7) is 2.06. The first-order valence-corrected chi connectivity index (χ1v) is 10.7. The maximum absolute atomic E-state index is 12.0. The van der Waals surface area contributed by atoms with E-state index in [4.69, 9.17) is 17.3 Å². The number of halogens is 1. The third-order valence-corrected chi connectivity index (χ3v) is 4.82. The Morgan fingerprint density at radius 2 is 1.53 bits per heavy atom. The minimum absolute atomic E-state index is 0.0287. The molecule has 0 spiro atoms. The standard InChI is InChI=1S/C15H25ClN6O6S2/c1-7(23)19-15(20-8(2)24)30-6-9(17)13(27)18-4-12(26)21-10(5-29)14(28)22-11(25)3-16/h9-10,15,29H,3-6,17H2,1-2H3,(H,18,27)(H,19,23)(H,20,24)(H,21,26)(H,22,25,28)/t9?,10-/m1/s1. The van der Waals surface area contributed by atoms with Crippen LogP contribution in [0.3, 0.4) is 0 Å². The summed E-state index contributed by atoms with van der Waals surface area (Å²) in [6, 6.07) is -2.15. The highest BCUT2D eigenvalue weighted by Gasteiger charge is 2.22. The van der Waals surface area contributed by atoms with Crippen LogP contribution in [0, 0.1) is 0 Å². The van der Waals surface area contributed by atoms with Gasteiger partial charge in [-0.25, -0.2) is 0 Å². The van der Waals surface area contributed by atoms with Crippen molar-refractivity contribution in [1.29, 1.82) is 0 Å². The lowest BCUT2D eigenvalue weighted by Crippen LogP contribution is -2.53. The minimum atomic E-state index is -1.11. The lowest BCUT2D eigenvalue weighted by atomic mass is 10.3. The van der Waals surface area contributed by atoms with Gasteiger partial charge in [-0.15, -0.1) is 23.4 Å². The van der Waals surface area contributed by atoms with Crippen molar-refractivity contribution in [2.24, 2.45) is 5.73 Å². The molecule has 15 heteroatoms. The molecule has 170 valence electrons. The van der Waals surface area contributed by atoms with Crippen LogP contribution in [0.25, 0.3) is 0 Å². The number of hydrogen-bond donors (Lipinski definition) is 7. The SMILES string of the molecule is CC(=O)NC(NC(C)=O)SCC(N)C(=O)NCC(=O)N[C@H](CS)C(=O)NC(=O)CCl. The summed E-state index contributed by atoms with van der Waals surface area (Å²) in [4.78, 5) is 69.1. The van der Waals surface area contributed by atoms with E-state index in [-0.39, 0.29) is 23.3 Å². The number of thioether (sulfide) groups is 1. The number of carbonyl (C=O) groups is 6. The molecule has 0 fully saturated rings. The fourth-order valence-electron chi connectivity index (χ4n) is 1.76. The first kappa shape index (κ1) is 28.0. The molecule has 0 aromatic rings. The van der Waals surface area contributed by atoms with Gasteiger partial charge in [0, 0.05) is 25.4 Å². The number of alkyl halides is 1. The highest BCUT2D eigenvalue weighted by atomic mass is 35.5. The fourth-order valence-corrected chi connectivity index (χ4v) is 3.13. The second-order valence-corrected chi connectivity index (χ2v) is 7.56. The predicted molar refractivity (Wildman–Crippen MR) is 115 cm³/mol. The average Bonchev–Trinajstić information content (AvgIpc) is 2.66. The zero-order valence-electron chi connectivity index (χ0n) is 16.3. The molecule has 6 amide bonds. The summed E-state index contributed by atoms with van der Waals surface area (Å²) in [5.41, 5.74) is 4.97. The first-order valence-electron chi connectivity index (χ1n) is 8.49. The Morgan fingerprint density at radius 3 is 2.00 bits per heavy atom. The van der Waals surface area contributed by atoms with Gasteiger partial charge in [-0.1, -0.05) is 0 Å². The topological polar surface area (TPSA) is 189 Å². The number of amides is 6. The van der Waals surface area contributed by atoms with E-state index in [0.717, 1.165) is 11.8 Å². The molecule has 0 aromatic carbocycles. The molecule has 0 saturated heterocycles. The molecule has 0 aliphatic rings. The molecule has 30 heavy (non-hydrogen) atoms. The van der Waals surface area contributed by atoms with E-state index in [1.165, 1.54) is 13.8 Å². The van der Waals surface area contributed by atoms with E-state index in [0.29, 0.717) is 0 Å². The van der Waals surface area contributed by atoms with Gasteiger partial charge in [-0.2, -0.15) is 12.6 Å². The number of carbonyl (C=O) groups excluding carboxylic acids is 6. The van der Waals surface area contributed by atoms with Gasteiger partial charge in [0.05, 0.1) is 12.6 Å². The number of thiol groups is 1. The van der Waals surface area contributed by atoms with Crippen LogP contribution in [0.4, 0.5) is 0 Å². The Hall–Kier alpha value is -2.03. The van der Waals surface area contributed by atoms with Crippen molar-refractivity contribution in [3.8, 4) is 0 Å². The Labute approximate surface area is 187 Å². The maximum Gasteiger partial charge on any atom is 0.250 e. The third-order valence-electron chi connectivity index (χ3n) is 3.09. The van der Waals surface area contributed by atoms with Gasteiger partial charge in [0.25, 0.3) is 0 Å². The van der Waals surface area contributed by atoms with E-state index < -0.39 is 53.6 Å². The maximum atomic E-state index is 12.0. The van der Waals surface area contributed by atoms with Crippen LogP contribution in [0.15, 0.2) is 0 Å². The molecule has 0 radical (unpaired) electrons. The number of rotatable bonds is 12. The molecule has 2 atom stereocenters. The second kappa shape index (κ2) is 14.9. The quantitative estimate of drug-likeness (QED) is 0.0866. The molecule has 7 N–H and O–H groups in total. The number of hydrogen-bond acceptors (Lipinski definition) is 9. The molecule has 1 unspecified atom stereocenters. The van der Waals surface area contributed by atoms with Crippen LogP contribution in [-0.4, -0.2) is 77.0 Å². The summed E-state index contributed by atoms with van der Waals surface area (Å²) in [5.74, 6) is -4.13. The van der Waals surface area contributed by atoms with Gasteiger partial charge in [0.15, 0.2) is 0 Å². The zero-order chi connectivity index (χ0) is 23.3. The van der Waals surface area contributed by atoms with Crippen molar-refractivity contribution in [2.75, 3.05) is 23.9 Å². The van der Waals surface area contributed by atoms with Gasteiger partial charge in [-0.3, -0.25) is 34.1 Å². The van der Waals surface area contributed by atoms with Crippen molar-refractivity contribution in [3.63, 3.8) is 0 Å². The van der Waals surface area contributed by atoms with Crippen molar-refractivity contribution in [2.45, 2.75) is 31.4 Å². The van der Waals surface area contributed by atoms with Gasteiger partial charge >= 0.3 is 0 Å². The van der Waals surface area contributed by atoms with Gasteiger partial charge in [-0.05, 0) is 0 Å². The molecule has 0 aliphatic heterocycles. The predicted octanol–water partition coefficient (Wildman–Crippen LogP) is -2.98. The summed E-state index contributed by atoms with van der Waals surface area (Å²) < 4.78 is 0. The molecule has 0 bridgehead atoms. The molecular formula is C15H25ClN6O6S2. The largest absolute Gasteiger partial charge is 0.346 e. The van der Waals surface area contributed by atoms with E-state index in [1.807, 2.05) is 5.32 Å². The van der Waals surface area contributed by atoms with E-state index in [1.54, 1.807) is 0 Å². The number of imide groups is 1. The van der Waals surface area contributed by atoms with Crippen LogP contribution in [0.1, 0.15) is 13.8 Å². The van der Waals surface area contributed by atoms with Crippen molar-refractivity contribution < 1.29 is 28.8 Å². The zero-order valence-corrected chi connectivity index (χ0v) is 18.8. The monoisotopic (exact) mass is 484 g/mol. The summed E-state index contributed by atoms with van der Waals surface area (Å²) in [5, 5.41) is 11.5. The van der Waals surface area contributed by atoms with E-state index in [9.17, 15) is 28.8 Å². The van der Waals surface area contributed by atoms with Crippen LogP contribution in [-0.2, 0) is 28.8 Å². The molecule has 12 nitrogen and oxygen atoms in total. The highest BCUT2D eigenvalue weighted by Crippen LogP contribution is 2.07. The fraction of sp³-hybridized carbons (Fsp3) is 0.600. The smallest absolute Gasteiger partial charge is 0.250 e. The first-order chi connectivity index (χ1) is 14.0. The lowest BCUT2D eigenvalue weighted by molar-refractivity contribution is -0.133. The second-order valence-electron chi connectivity index (χ2n) is 5.79. The lowest BCUT2D eigenvalue weighted by Gasteiger charge is -2.20. The Bertz CT molecular complexity index is 652. The van der Waals surface area contributed by atoms with Crippen molar-refractivity contribution in [3.05, 3.63) is 0 Å². The summed E-state index contributed by atoms with van der Waals surface area (Å²) in [7, 11) is 0. The van der Waals surface area contributed by atoms with Gasteiger partial charge in [0.1, 0.15) is 17.4 Å². The van der Waals surface area contributed by atoms with Crippen molar-refractivity contribution in [1.82, 2.24) is 26.6 Å². The number of nitrogens with two attached hydrogens (primary N) is 1. The molecule has 0 heterocycles. The summed E-state index contributed by atoms with van der Waals surface area (Å²) >= 11 is 10.2. The van der Waals surface area contributed by atoms with Crippen LogP contribution < -0.4 is 32.3 Å². The van der Waals surface area contributed by atoms with E-state index in [2.05, 4.69) is 33.9 Å². The van der Waals surface area contributed by atoms with Gasteiger partial charge < -0.3 is 27.0 Å². The third kappa shape index (κ3) is 12.5. The van der Waals surface area contributed by atoms with Crippen LogP contribution >= 0.6 is 36.0 Å². The Balaban J connectivity index is 4.49. The van der Waals surface area contributed by atoms with E-state index >= 15 is 0 Å². The molecule has 0 aliphatic carbocycles. The van der Waals surface area contributed by atoms with Crippen molar-refractivity contribution >= 4 is 71.4 Å². The molecular weight excluding hydrogens is 460 g/mol. The van der Waals surface area contributed by atoms with Crippen LogP contribution in [0.2, 0.25) is 0 Å².